The van der Waals surface area contributed by atoms with Gasteiger partial charge in [-0.3, -0.25) is 9.59 Å². The van der Waals surface area contributed by atoms with E-state index in [4.69, 9.17) is 4.74 Å². The van der Waals surface area contributed by atoms with Crippen LogP contribution in [0.3, 0.4) is 0 Å². The van der Waals surface area contributed by atoms with E-state index in [2.05, 4.69) is 0 Å². The number of nitrogens with one attached hydrogen (secondary N) is 1. The molecule has 0 radical (unpaired) electrons. The molecule has 4 rings (SSSR count). The van der Waals surface area contributed by atoms with Gasteiger partial charge in [0.25, 0.3) is 11.7 Å². The molecular weight excluding hydrogens is 388 g/mol. The van der Waals surface area contributed by atoms with Crippen molar-refractivity contribution in [2.75, 3.05) is 39.4 Å². The molecule has 2 N–H and O–H groups in total. The number of nitrogens with zero attached hydrogens (tertiary/aromatic N) is 1. The van der Waals surface area contributed by atoms with Gasteiger partial charge in [-0.2, -0.15) is 0 Å². The molecule has 2 aromatic rings. The fourth-order valence-electron chi connectivity index (χ4n) is 4.01. The van der Waals surface area contributed by atoms with E-state index in [1.54, 1.807) is 29.2 Å². The van der Waals surface area contributed by atoms with Gasteiger partial charge in [-0.25, -0.2) is 0 Å². The number of likely N-dealkylation sites (tertiary alicyclic amines) is 1. The van der Waals surface area contributed by atoms with Gasteiger partial charge in [-0.05, 0) is 11.4 Å². The molecule has 0 bridgehead atoms. The van der Waals surface area contributed by atoms with Crippen LogP contribution < -0.4 is 4.90 Å². The molecule has 2 saturated heterocycles. The highest BCUT2D eigenvalue weighted by Crippen LogP contribution is 2.40. The Morgan fingerprint density at radius 2 is 1.90 bits per heavy atom. The van der Waals surface area contributed by atoms with Gasteiger partial charge in [-0.1, -0.05) is 36.4 Å². The van der Waals surface area contributed by atoms with Crippen molar-refractivity contribution in [3.05, 3.63) is 63.9 Å². The summed E-state index contributed by atoms with van der Waals surface area (Å²) < 4.78 is 5.40. The predicted octanol–water partition coefficient (Wildman–Crippen LogP) is 1.48. The molecule has 2 aliphatic rings. The smallest absolute Gasteiger partial charge is 0.295 e. The molecule has 2 fully saturated rings. The van der Waals surface area contributed by atoms with Crippen LogP contribution in [0, 0.1) is 0 Å². The fraction of sp³-hybridized carbons (Fsp3) is 0.364. The third-order valence-electron chi connectivity index (χ3n) is 5.53. The molecule has 29 heavy (non-hydrogen) atoms. The average Bonchev–Trinajstić information content (AvgIpc) is 3.37. The third kappa shape index (κ3) is 4.12. The van der Waals surface area contributed by atoms with Crippen LogP contribution in [0.15, 0.2) is 53.4 Å². The Balaban J connectivity index is 1.60. The van der Waals surface area contributed by atoms with Crippen LogP contribution in [0.5, 0.6) is 0 Å². The minimum Gasteiger partial charge on any atom is -0.507 e. The molecule has 6 nitrogen and oxygen atoms in total. The summed E-state index contributed by atoms with van der Waals surface area (Å²) in [5.41, 5.74) is 0.729. The van der Waals surface area contributed by atoms with Crippen LogP contribution in [0.25, 0.3) is 5.76 Å². The lowest BCUT2D eigenvalue weighted by Crippen LogP contribution is -3.14. The maximum Gasteiger partial charge on any atom is 0.295 e. The molecule has 152 valence electrons. The number of benzene rings is 1. The van der Waals surface area contributed by atoms with Crippen molar-refractivity contribution in [2.45, 2.75) is 12.5 Å². The number of Topliss-reactive ketones (excluding diaryl/α,β-unsaturated/α-hetero) is 1. The van der Waals surface area contributed by atoms with E-state index in [1.807, 2.05) is 23.6 Å². The van der Waals surface area contributed by atoms with Gasteiger partial charge >= 0.3 is 0 Å². The first kappa shape index (κ1) is 19.8. The molecule has 0 aliphatic carbocycles. The second-order valence-corrected chi connectivity index (χ2v) is 8.32. The fourth-order valence-corrected chi connectivity index (χ4v) is 4.86. The highest BCUT2D eigenvalue weighted by molar-refractivity contribution is 7.10. The SMILES string of the molecule is O=C1C(=O)N(CCC[NH+]2CCOCC2)C(c2cccs2)C1=C(O)c1ccccc1. The van der Waals surface area contributed by atoms with Crippen LogP contribution in [0.4, 0.5) is 0 Å². The van der Waals surface area contributed by atoms with Crippen molar-refractivity contribution in [2.24, 2.45) is 0 Å². The molecule has 7 heteroatoms. The number of quaternary nitrogens is 1. The molecule has 0 spiro atoms. The third-order valence-corrected chi connectivity index (χ3v) is 6.45. The number of ketones is 1. The van der Waals surface area contributed by atoms with Crippen molar-refractivity contribution in [3.63, 3.8) is 0 Å². The summed E-state index contributed by atoms with van der Waals surface area (Å²) in [5.74, 6) is -1.25. The summed E-state index contributed by atoms with van der Waals surface area (Å²) >= 11 is 1.49. The van der Waals surface area contributed by atoms with Crippen molar-refractivity contribution >= 4 is 28.8 Å². The van der Waals surface area contributed by atoms with E-state index in [0.717, 1.165) is 44.1 Å². The van der Waals surface area contributed by atoms with Gasteiger partial charge in [-0.15, -0.1) is 11.3 Å². The summed E-state index contributed by atoms with van der Waals surface area (Å²) in [4.78, 5) is 29.7. The van der Waals surface area contributed by atoms with Crippen LogP contribution in [-0.2, 0) is 14.3 Å². The standard InChI is InChI=1S/C22H24N2O4S/c25-20(16-6-2-1-3-7-16)18-19(17-8-4-15-29-17)24(22(27)21(18)26)10-5-9-23-11-13-28-14-12-23/h1-4,6-8,15,19,25H,5,9-14H2/p+1. The van der Waals surface area contributed by atoms with Crippen LogP contribution in [0.1, 0.15) is 22.9 Å². The van der Waals surface area contributed by atoms with Gasteiger partial charge in [0.1, 0.15) is 18.8 Å². The van der Waals surface area contributed by atoms with E-state index in [9.17, 15) is 14.7 Å². The zero-order valence-electron chi connectivity index (χ0n) is 16.2. The van der Waals surface area contributed by atoms with Crippen LogP contribution >= 0.6 is 11.3 Å². The van der Waals surface area contributed by atoms with E-state index < -0.39 is 17.7 Å². The highest BCUT2D eigenvalue weighted by Gasteiger charge is 2.46. The predicted molar refractivity (Wildman–Crippen MR) is 111 cm³/mol. The van der Waals surface area contributed by atoms with Gasteiger partial charge in [0.15, 0.2) is 0 Å². The van der Waals surface area contributed by atoms with Gasteiger partial charge in [0.05, 0.1) is 31.4 Å². The zero-order valence-corrected chi connectivity index (χ0v) is 17.0. The summed E-state index contributed by atoms with van der Waals surface area (Å²) in [5, 5.41) is 12.8. The molecule has 1 atom stereocenters. The number of hydrogen-bond acceptors (Lipinski definition) is 5. The van der Waals surface area contributed by atoms with E-state index >= 15 is 0 Å². The summed E-state index contributed by atoms with van der Waals surface area (Å²) in [7, 11) is 0. The Morgan fingerprint density at radius 1 is 1.14 bits per heavy atom. The van der Waals surface area contributed by atoms with E-state index in [-0.39, 0.29) is 11.3 Å². The molecule has 1 unspecified atom stereocenters. The van der Waals surface area contributed by atoms with Crippen molar-refractivity contribution in [1.29, 1.82) is 0 Å². The Morgan fingerprint density at radius 3 is 2.59 bits per heavy atom. The number of rotatable bonds is 6. The highest BCUT2D eigenvalue weighted by atomic mass is 32.1. The Hall–Kier alpha value is -2.48. The summed E-state index contributed by atoms with van der Waals surface area (Å²) in [6, 6.07) is 12.2. The molecule has 1 aromatic carbocycles. The normalized spacial score (nSPS) is 22.3. The zero-order chi connectivity index (χ0) is 20.2. The Kier molecular flexibility index (Phi) is 6.08. The average molecular weight is 414 g/mol. The topological polar surface area (TPSA) is 71.3 Å². The maximum absolute atomic E-state index is 12.9. The van der Waals surface area contributed by atoms with Crippen molar-refractivity contribution < 1.29 is 24.3 Å². The van der Waals surface area contributed by atoms with Gasteiger partial charge in [0.2, 0.25) is 0 Å². The largest absolute Gasteiger partial charge is 0.507 e. The quantitative estimate of drug-likeness (QED) is 0.428. The first-order chi connectivity index (χ1) is 14.2. The number of carbonyl (C=O) groups is 2. The lowest BCUT2D eigenvalue weighted by Gasteiger charge is -2.27. The number of morpholine rings is 1. The minimum absolute atomic E-state index is 0.108. The second kappa shape index (κ2) is 8.90. The number of carbonyl (C=O) groups excluding carboxylic acids is 2. The van der Waals surface area contributed by atoms with E-state index in [0.29, 0.717) is 12.1 Å². The number of hydrogen-bond donors (Lipinski definition) is 2. The number of aliphatic hydroxyl groups is 1. The Labute approximate surface area is 174 Å². The van der Waals surface area contributed by atoms with Gasteiger partial charge < -0.3 is 19.6 Å². The Bertz CT molecular complexity index is 889. The molecule has 3 heterocycles. The number of aliphatic hydroxyl groups excluding tert-OH is 1. The lowest BCUT2D eigenvalue weighted by atomic mass is 10.00. The lowest BCUT2D eigenvalue weighted by molar-refractivity contribution is -0.908. The van der Waals surface area contributed by atoms with Crippen molar-refractivity contribution in [1.82, 2.24) is 4.90 Å². The minimum atomic E-state index is -0.608. The molecular formula is C22H25N2O4S+. The van der Waals surface area contributed by atoms with Crippen molar-refractivity contribution in [3.8, 4) is 0 Å². The maximum atomic E-state index is 12.9. The molecule has 0 saturated carbocycles. The number of ether oxygens (including phenoxy) is 1. The second-order valence-electron chi connectivity index (χ2n) is 7.34. The van der Waals surface area contributed by atoms with Crippen LogP contribution in [-0.4, -0.2) is 61.1 Å². The van der Waals surface area contributed by atoms with Crippen LogP contribution in [0.2, 0.25) is 0 Å². The summed E-state index contributed by atoms with van der Waals surface area (Å²) in [6.45, 7) is 4.91. The monoisotopic (exact) mass is 413 g/mol. The van der Waals surface area contributed by atoms with Gasteiger partial charge in [0, 0.05) is 23.4 Å². The molecule has 1 amide bonds. The first-order valence-electron chi connectivity index (χ1n) is 9.95. The molecule has 2 aliphatic heterocycles. The van der Waals surface area contributed by atoms with E-state index in [1.165, 1.54) is 16.2 Å². The number of thiophene rings is 1. The number of amides is 1. The molecule has 1 aromatic heterocycles. The first-order valence-corrected chi connectivity index (χ1v) is 10.8. The summed E-state index contributed by atoms with van der Waals surface area (Å²) in [6.07, 6.45) is 0.801.